The van der Waals surface area contributed by atoms with E-state index in [4.69, 9.17) is 8.83 Å². The first kappa shape index (κ1) is 28.4. The van der Waals surface area contributed by atoms with Crippen molar-refractivity contribution in [3.05, 3.63) is 108 Å². The highest BCUT2D eigenvalue weighted by Crippen LogP contribution is 2.44. The van der Waals surface area contributed by atoms with E-state index in [-0.39, 0.29) is 0 Å². The summed E-state index contributed by atoms with van der Waals surface area (Å²) in [5.74, 6) is 0. The van der Waals surface area contributed by atoms with Gasteiger partial charge in [0, 0.05) is 32.9 Å². The normalized spacial score (nSPS) is 12.8. The molecule has 0 unspecified atom stereocenters. The Balaban J connectivity index is 1.45. The summed E-state index contributed by atoms with van der Waals surface area (Å²) in [5, 5.41) is 7.31. The average molecular weight is 647 g/mol. The molecule has 4 heterocycles. The minimum absolute atomic E-state index is 0.926. The van der Waals surface area contributed by atoms with Gasteiger partial charge in [0.05, 0.1) is 27.9 Å². The first-order valence-corrected chi connectivity index (χ1v) is 23.0. The van der Waals surface area contributed by atoms with Crippen LogP contribution in [0.4, 0.5) is 0 Å². The van der Waals surface area contributed by atoms with Gasteiger partial charge in [0.1, 0.15) is 22.2 Å². The van der Waals surface area contributed by atoms with E-state index in [2.05, 4.69) is 153 Å². The van der Waals surface area contributed by atoms with Gasteiger partial charge in [-0.25, -0.2) is 0 Å². The Morgan fingerprint density at radius 1 is 0.532 bits per heavy atom. The van der Waals surface area contributed by atoms with Crippen molar-refractivity contribution in [3.8, 4) is 11.4 Å². The zero-order chi connectivity index (χ0) is 32.4. The highest BCUT2D eigenvalue weighted by atomic mass is 28.3. The van der Waals surface area contributed by atoms with Crippen LogP contribution in [0.5, 0.6) is 0 Å². The second-order valence-corrected chi connectivity index (χ2v) is 22.7. The smallest absolute Gasteiger partial charge is 0.161 e. The van der Waals surface area contributed by atoms with Crippen molar-refractivity contribution >= 4 is 93.2 Å². The van der Waals surface area contributed by atoms with E-state index in [1.165, 1.54) is 21.5 Å². The first-order chi connectivity index (χ1) is 22.6. The van der Waals surface area contributed by atoms with Gasteiger partial charge in [-0.1, -0.05) is 90.6 Å². The maximum absolute atomic E-state index is 6.87. The minimum Gasteiger partial charge on any atom is -0.454 e. The third-order valence-electron chi connectivity index (χ3n) is 10.0. The number of hydrogen-bond acceptors (Lipinski definition) is 2. The second-order valence-electron chi connectivity index (χ2n) is 14.7. The largest absolute Gasteiger partial charge is 0.454 e. The number of aromatic nitrogens is 2. The van der Waals surface area contributed by atoms with Gasteiger partial charge in [0.2, 0.25) is 0 Å². The number of hydrogen-bond donors (Lipinski definition) is 0. The molecule has 0 amide bonds. The van der Waals surface area contributed by atoms with Gasteiger partial charge < -0.3 is 18.0 Å². The standard InChI is InChI=1S/C41H38N2O2Si2/c1-24-8-12-26(13-9-24)42-34-23-33-35(22-32(34)40-38(42)30-18-16-28(46(3)4)20-36(30)44-40)43(27-14-10-25(2)11-15-27)39-31-19-17-29(47(5,6)7)21-37(31)45-41(33)39/h8-23,46H,1-7H3. The van der Waals surface area contributed by atoms with Gasteiger partial charge in [0.25, 0.3) is 0 Å². The Bertz CT molecular complexity index is 2690. The van der Waals surface area contributed by atoms with Gasteiger partial charge in [-0.3, -0.25) is 0 Å². The molecule has 0 saturated heterocycles. The molecule has 9 aromatic rings. The molecule has 0 bridgehead atoms. The zero-order valence-electron chi connectivity index (χ0n) is 28.0. The molecule has 0 N–H and O–H groups in total. The van der Waals surface area contributed by atoms with Gasteiger partial charge in [0.15, 0.2) is 11.2 Å². The fraction of sp³-hybridized carbons (Fsp3) is 0.171. The second kappa shape index (κ2) is 9.86. The fourth-order valence-corrected chi connectivity index (χ4v) is 9.41. The molecular formula is C41H38N2O2Si2. The Morgan fingerprint density at radius 2 is 1.00 bits per heavy atom. The van der Waals surface area contributed by atoms with Crippen molar-refractivity contribution in [2.75, 3.05) is 0 Å². The number of fused-ring (bicyclic) bond motifs is 10. The molecule has 0 atom stereocenters. The van der Waals surface area contributed by atoms with E-state index in [0.29, 0.717) is 0 Å². The summed E-state index contributed by atoms with van der Waals surface area (Å²) < 4.78 is 18.5. The van der Waals surface area contributed by atoms with E-state index < -0.39 is 16.9 Å². The molecule has 0 spiro atoms. The van der Waals surface area contributed by atoms with Crippen LogP contribution in [0.2, 0.25) is 32.7 Å². The summed E-state index contributed by atoms with van der Waals surface area (Å²) in [6, 6.07) is 36.0. The summed E-state index contributed by atoms with van der Waals surface area (Å²) in [4.78, 5) is 0. The minimum atomic E-state index is -1.52. The Kier molecular flexibility index (Phi) is 5.97. The lowest BCUT2D eigenvalue weighted by molar-refractivity contribution is 0.672. The molecule has 0 saturated carbocycles. The number of nitrogens with zero attached hydrogens (tertiary/aromatic N) is 2. The van der Waals surface area contributed by atoms with Crippen LogP contribution in [0, 0.1) is 13.8 Å². The lowest BCUT2D eigenvalue weighted by Gasteiger charge is -2.16. The lowest BCUT2D eigenvalue weighted by atomic mass is 10.1. The third-order valence-corrected chi connectivity index (χ3v) is 13.7. The highest BCUT2D eigenvalue weighted by molar-refractivity contribution is 6.88. The molecule has 0 fully saturated rings. The first-order valence-electron chi connectivity index (χ1n) is 16.6. The third kappa shape index (κ3) is 4.17. The van der Waals surface area contributed by atoms with Crippen LogP contribution >= 0.6 is 0 Å². The topological polar surface area (TPSA) is 36.1 Å². The maximum atomic E-state index is 6.87. The molecule has 0 aliphatic carbocycles. The van der Waals surface area contributed by atoms with Crippen molar-refractivity contribution in [1.82, 2.24) is 9.13 Å². The highest BCUT2D eigenvalue weighted by Gasteiger charge is 2.26. The summed E-state index contributed by atoms with van der Waals surface area (Å²) >= 11 is 0. The summed E-state index contributed by atoms with van der Waals surface area (Å²) in [5.41, 5.74) is 13.0. The van der Waals surface area contributed by atoms with Crippen molar-refractivity contribution in [1.29, 1.82) is 0 Å². The van der Waals surface area contributed by atoms with Gasteiger partial charge >= 0.3 is 0 Å². The van der Waals surface area contributed by atoms with Crippen LogP contribution in [0.3, 0.4) is 0 Å². The summed E-state index contributed by atoms with van der Waals surface area (Å²) in [7, 11) is -2.51. The number of rotatable bonds is 4. The van der Waals surface area contributed by atoms with Crippen molar-refractivity contribution in [3.63, 3.8) is 0 Å². The molecule has 47 heavy (non-hydrogen) atoms. The average Bonchev–Trinajstić information content (AvgIpc) is 3.76. The molecule has 0 aliphatic heterocycles. The molecule has 6 heteroatoms. The molecule has 232 valence electrons. The van der Waals surface area contributed by atoms with E-state index in [1.807, 2.05) is 0 Å². The molecular weight excluding hydrogens is 609 g/mol. The van der Waals surface area contributed by atoms with Crippen molar-refractivity contribution < 1.29 is 8.83 Å². The molecule has 0 aliphatic rings. The summed E-state index contributed by atoms with van der Waals surface area (Å²) in [6.07, 6.45) is 0. The van der Waals surface area contributed by atoms with Crippen LogP contribution in [-0.2, 0) is 0 Å². The quantitative estimate of drug-likeness (QED) is 0.178. The number of furan rings is 2. The molecule has 5 aromatic carbocycles. The van der Waals surface area contributed by atoms with Crippen LogP contribution in [0.1, 0.15) is 11.1 Å². The van der Waals surface area contributed by atoms with Gasteiger partial charge in [-0.15, -0.1) is 0 Å². The SMILES string of the molecule is Cc1ccc(-n2c3cc4c5oc6cc([Si](C)(C)C)ccc6c5n(-c5ccc(C)cc5)c4cc3c3oc4cc([SiH](C)C)ccc4c32)cc1. The predicted octanol–water partition coefficient (Wildman–Crippen LogP) is 10.2. The van der Waals surface area contributed by atoms with Crippen molar-refractivity contribution in [2.24, 2.45) is 0 Å². The van der Waals surface area contributed by atoms with E-state index >= 15 is 0 Å². The fourth-order valence-electron chi connectivity index (χ4n) is 7.29. The van der Waals surface area contributed by atoms with Gasteiger partial charge in [-0.05, 0) is 74.5 Å². The molecule has 4 nitrogen and oxygen atoms in total. The summed E-state index contributed by atoms with van der Waals surface area (Å²) in [6.45, 7) is 16.2. The maximum Gasteiger partial charge on any atom is 0.161 e. The van der Waals surface area contributed by atoms with Crippen LogP contribution in [0.15, 0.2) is 106 Å². The Hall–Kier alpha value is -4.79. The molecule has 4 aromatic heterocycles. The lowest BCUT2D eigenvalue weighted by Crippen LogP contribution is -2.37. The number of benzene rings is 5. The Morgan fingerprint density at radius 3 is 1.47 bits per heavy atom. The molecule has 0 radical (unpaired) electrons. The number of aryl methyl sites for hydroxylation is 2. The van der Waals surface area contributed by atoms with Crippen molar-refractivity contribution in [2.45, 2.75) is 46.6 Å². The van der Waals surface area contributed by atoms with Gasteiger partial charge in [-0.2, -0.15) is 0 Å². The van der Waals surface area contributed by atoms with Crippen LogP contribution < -0.4 is 10.4 Å². The van der Waals surface area contributed by atoms with E-state index in [9.17, 15) is 0 Å². The van der Waals surface area contributed by atoms with Crippen LogP contribution in [0.25, 0.3) is 77.3 Å². The zero-order valence-corrected chi connectivity index (χ0v) is 30.2. The predicted molar refractivity (Wildman–Crippen MR) is 206 cm³/mol. The Labute approximate surface area is 276 Å². The monoisotopic (exact) mass is 646 g/mol. The molecule has 9 rings (SSSR count). The van der Waals surface area contributed by atoms with Crippen LogP contribution in [-0.4, -0.2) is 26.0 Å². The van der Waals surface area contributed by atoms with E-state index in [1.54, 1.807) is 0 Å². The van der Waals surface area contributed by atoms with E-state index in [0.717, 1.165) is 77.3 Å².